The summed E-state index contributed by atoms with van der Waals surface area (Å²) in [7, 11) is 0. The van der Waals surface area contributed by atoms with Crippen LogP contribution in [0.1, 0.15) is 42.0 Å². The lowest BCUT2D eigenvalue weighted by Gasteiger charge is -2.28. The second-order valence-corrected chi connectivity index (χ2v) is 6.76. The molecule has 0 aliphatic carbocycles. The molecule has 136 valence electrons. The van der Waals surface area contributed by atoms with E-state index in [1.807, 2.05) is 48.5 Å². The highest BCUT2D eigenvalue weighted by Gasteiger charge is 2.32. The van der Waals surface area contributed by atoms with Crippen LogP contribution in [0, 0.1) is 0 Å². The number of para-hydroxylation sites is 3. The number of carbonyl (C=O) groups excluding carboxylic acids is 1. The van der Waals surface area contributed by atoms with E-state index in [9.17, 15) is 4.79 Å². The van der Waals surface area contributed by atoms with E-state index in [0.717, 1.165) is 52.3 Å². The van der Waals surface area contributed by atoms with Gasteiger partial charge in [-0.05, 0) is 36.1 Å². The Morgan fingerprint density at radius 3 is 1.85 bits per heavy atom. The molecule has 0 unspecified atom stereocenters. The summed E-state index contributed by atoms with van der Waals surface area (Å²) in [5.74, 6) is 1.08. The minimum absolute atomic E-state index is 0.0196. The lowest BCUT2D eigenvalue weighted by Crippen LogP contribution is -2.26. The van der Waals surface area contributed by atoms with Gasteiger partial charge in [0.25, 0.3) is 0 Å². The number of aryl methyl sites for hydroxylation is 2. The van der Waals surface area contributed by atoms with Crippen LogP contribution in [0.25, 0.3) is 0 Å². The van der Waals surface area contributed by atoms with E-state index in [4.69, 9.17) is 4.74 Å². The number of carbonyl (C=O) groups is 1. The molecule has 0 bridgehead atoms. The molecule has 1 amide bonds. The number of rotatable bonds is 4. The Morgan fingerprint density at radius 1 is 0.815 bits per heavy atom. The summed E-state index contributed by atoms with van der Waals surface area (Å²) in [5, 5.41) is 3.24. The van der Waals surface area contributed by atoms with Gasteiger partial charge in [-0.25, -0.2) is 0 Å². The molecule has 1 N–H and O–H groups in total. The van der Waals surface area contributed by atoms with Crippen molar-refractivity contribution < 1.29 is 9.53 Å². The van der Waals surface area contributed by atoms with Gasteiger partial charge in [-0.15, -0.1) is 0 Å². The fraction of sp³-hybridized carbons (Fsp3) is 0.208. The summed E-state index contributed by atoms with van der Waals surface area (Å²) in [5.41, 5.74) is 5.09. The van der Waals surface area contributed by atoms with Crippen molar-refractivity contribution in [3.05, 3.63) is 89.0 Å². The Bertz CT molecular complexity index is 925. The van der Waals surface area contributed by atoms with Crippen LogP contribution in [-0.2, 0) is 17.6 Å². The third kappa shape index (κ3) is 3.10. The van der Waals surface area contributed by atoms with Gasteiger partial charge >= 0.3 is 0 Å². The second kappa shape index (κ2) is 7.28. The van der Waals surface area contributed by atoms with Crippen molar-refractivity contribution in [2.24, 2.45) is 0 Å². The fourth-order valence-corrected chi connectivity index (χ4v) is 3.79. The van der Waals surface area contributed by atoms with Crippen LogP contribution in [-0.4, -0.2) is 5.91 Å². The van der Waals surface area contributed by atoms with Gasteiger partial charge in [0.1, 0.15) is 11.5 Å². The van der Waals surface area contributed by atoms with Crippen molar-refractivity contribution in [1.82, 2.24) is 0 Å². The van der Waals surface area contributed by atoms with Crippen molar-refractivity contribution in [2.45, 2.75) is 32.6 Å². The molecule has 0 saturated carbocycles. The van der Waals surface area contributed by atoms with Gasteiger partial charge in [-0.3, -0.25) is 4.79 Å². The molecule has 0 saturated heterocycles. The van der Waals surface area contributed by atoms with Crippen LogP contribution in [0.2, 0.25) is 0 Å². The Morgan fingerprint density at radius 2 is 1.33 bits per heavy atom. The SMILES string of the molecule is CCc1cccc(CC)c1NC(=O)C1c2ccccc2Oc2ccccc21. The molecule has 0 radical (unpaired) electrons. The minimum atomic E-state index is -0.388. The van der Waals surface area contributed by atoms with Gasteiger partial charge in [0.2, 0.25) is 5.91 Å². The van der Waals surface area contributed by atoms with Gasteiger partial charge in [0.05, 0.1) is 5.92 Å². The summed E-state index contributed by atoms with van der Waals surface area (Å²) in [6, 6.07) is 21.8. The average Bonchev–Trinajstić information content (AvgIpc) is 2.71. The number of nitrogens with one attached hydrogen (secondary N) is 1. The van der Waals surface area contributed by atoms with Crippen molar-refractivity contribution in [2.75, 3.05) is 5.32 Å². The van der Waals surface area contributed by atoms with Gasteiger partial charge < -0.3 is 10.1 Å². The standard InChI is InChI=1S/C24H23NO2/c1-3-16-10-9-11-17(4-2)23(16)25-24(26)22-18-12-5-7-14-20(18)27-21-15-8-6-13-19(21)22/h5-15,22H,3-4H2,1-2H3,(H,25,26). The maximum Gasteiger partial charge on any atom is 0.236 e. The monoisotopic (exact) mass is 357 g/mol. The van der Waals surface area contributed by atoms with Gasteiger partial charge in [-0.2, -0.15) is 0 Å². The number of hydrogen-bond acceptors (Lipinski definition) is 2. The summed E-state index contributed by atoms with van der Waals surface area (Å²) < 4.78 is 6.02. The topological polar surface area (TPSA) is 38.3 Å². The number of anilines is 1. The molecule has 1 aliphatic heterocycles. The van der Waals surface area contributed by atoms with E-state index in [1.54, 1.807) is 0 Å². The van der Waals surface area contributed by atoms with E-state index in [1.165, 1.54) is 0 Å². The highest BCUT2D eigenvalue weighted by atomic mass is 16.5. The first kappa shape index (κ1) is 17.3. The van der Waals surface area contributed by atoms with Gasteiger partial charge in [0, 0.05) is 16.8 Å². The van der Waals surface area contributed by atoms with Gasteiger partial charge in [0.15, 0.2) is 0 Å². The van der Waals surface area contributed by atoms with Crippen molar-refractivity contribution in [1.29, 1.82) is 0 Å². The molecule has 3 nitrogen and oxygen atoms in total. The van der Waals surface area contributed by atoms with Crippen molar-refractivity contribution in [3.8, 4) is 11.5 Å². The normalized spacial score (nSPS) is 12.7. The molecule has 0 spiro atoms. The van der Waals surface area contributed by atoms with E-state index in [0.29, 0.717) is 0 Å². The average molecular weight is 357 g/mol. The van der Waals surface area contributed by atoms with Crippen molar-refractivity contribution >= 4 is 11.6 Å². The molecular weight excluding hydrogens is 334 g/mol. The number of benzene rings is 3. The zero-order valence-electron chi connectivity index (χ0n) is 15.7. The summed E-state index contributed by atoms with van der Waals surface area (Å²) in [4.78, 5) is 13.5. The maximum atomic E-state index is 13.5. The molecule has 1 heterocycles. The first-order valence-electron chi connectivity index (χ1n) is 9.50. The van der Waals surface area contributed by atoms with Crippen LogP contribution < -0.4 is 10.1 Å². The third-order valence-electron chi connectivity index (χ3n) is 5.19. The lowest BCUT2D eigenvalue weighted by atomic mass is 9.87. The molecule has 0 aromatic heterocycles. The Balaban J connectivity index is 1.78. The Hall–Kier alpha value is -3.07. The smallest absolute Gasteiger partial charge is 0.236 e. The van der Waals surface area contributed by atoms with Crippen molar-refractivity contribution in [3.63, 3.8) is 0 Å². The highest BCUT2D eigenvalue weighted by molar-refractivity contribution is 6.00. The zero-order chi connectivity index (χ0) is 18.8. The minimum Gasteiger partial charge on any atom is -0.457 e. The Kier molecular flexibility index (Phi) is 4.68. The fourth-order valence-electron chi connectivity index (χ4n) is 3.79. The van der Waals surface area contributed by atoms with Gasteiger partial charge in [-0.1, -0.05) is 68.4 Å². The van der Waals surface area contributed by atoms with Crippen LogP contribution >= 0.6 is 0 Å². The largest absolute Gasteiger partial charge is 0.457 e. The van der Waals surface area contributed by atoms with E-state index < -0.39 is 0 Å². The Labute approximate surface area is 160 Å². The number of ether oxygens (including phenoxy) is 1. The predicted octanol–water partition coefficient (Wildman–Crippen LogP) is 5.69. The third-order valence-corrected chi connectivity index (χ3v) is 5.19. The highest BCUT2D eigenvalue weighted by Crippen LogP contribution is 2.44. The quantitative estimate of drug-likeness (QED) is 0.651. The molecule has 3 aromatic rings. The number of hydrogen-bond donors (Lipinski definition) is 1. The number of amides is 1. The summed E-state index contributed by atoms with van der Waals surface area (Å²) in [6.45, 7) is 4.23. The lowest BCUT2D eigenvalue weighted by molar-refractivity contribution is -0.116. The summed E-state index contributed by atoms with van der Waals surface area (Å²) >= 11 is 0. The van der Waals surface area contributed by atoms with Crippen LogP contribution in [0.5, 0.6) is 11.5 Å². The van der Waals surface area contributed by atoms with E-state index in [-0.39, 0.29) is 11.8 Å². The molecule has 1 aliphatic rings. The molecule has 0 atom stereocenters. The number of fused-ring (bicyclic) bond motifs is 2. The zero-order valence-corrected chi connectivity index (χ0v) is 15.7. The molecule has 27 heavy (non-hydrogen) atoms. The molecular formula is C24H23NO2. The van der Waals surface area contributed by atoms with Crippen LogP contribution in [0.4, 0.5) is 5.69 Å². The molecule has 4 rings (SSSR count). The second-order valence-electron chi connectivity index (χ2n) is 6.76. The van der Waals surface area contributed by atoms with Crippen LogP contribution in [0.15, 0.2) is 66.7 Å². The molecule has 3 heteroatoms. The van der Waals surface area contributed by atoms with Crippen LogP contribution in [0.3, 0.4) is 0 Å². The summed E-state index contributed by atoms with van der Waals surface area (Å²) in [6.07, 6.45) is 1.76. The molecule has 0 fully saturated rings. The first-order valence-corrected chi connectivity index (χ1v) is 9.50. The molecule has 3 aromatic carbocycles. The first-order chi connectivity index (χ1) is 13.2. The van der Waals surface area contributed by atoms with E-state index in [2.05, 4.69) is 37.4 Å². The maximum absolute atomic E-state index is 13.5. The predicted molar refractivity (Wildman–Crippen MR) is 109 cm³/mol. The van der Waals surface area contributed by atoms with E-state index >= 15 is 0 Å².